The quantitative estimate of drug-likeness (QED) is 0.382. The van der Waals surface area contributed by atoms with Crippen LogP contribution < -0.4 is 5.32 Å². The molecule has 0 saturated carbocycles. The minimum Gasteiger partial charge on any atom is -0.466 e. The minimum atomic E-state index is -0.650. The van der Waals surface area contributed by atoms with E-state index in [2.05, 4.69) is 20.3 Å². The van der Waals surface area contributed by atoms with E-state index in [-0.39, 0.29) is 18.6 Å². The number of aromatic nitrogens is 3. The van der Waals surface area contributed by atoms with Gasteiger partial charge in [-0.3, -0.25) is 14.9 Å². The van der Waals surface area contributed by atoms with Crippen molar-refractivity contribution < 1.29 is 23.9 Å². The fraction of sp³-hybridized carbons (Fsp3) is 0.174. The molecule has 0 aliphatic carbocycles. The zero-order valence-corrected chi connectivity index (χ0v) is 18.5. The molecule has 2 N–H and O–H groups in total. The molecule has 0 spiro atoms. The van der Waals surface area contributed by atoms with Gasteiger partial charge in [0.15, 0.2) is 11.7 Å². The highest BCUT2D eigenvalue weighted by atomic mass is 32.1. The number of hydrogen-bond acceptors (Lipinski definition) is 8. The Morgan fingerprint density at radius 3 is 2.64 bits per heavy atom. The summed E-state index contributed by atoms with van der Waals surface area (Å²) in [7, 11) is 0. The lowest BCUT2D eigenvalue weighted by atomic mass is 10.1. The Hall–Kier alpha value is -4.05. The first-order valence-corrected chi connectivity index (χ1v) is 11.0. The third-order valence-corrected chi connectivity index (χ3v) is 5.36. The van der Waals surface area contributed by atoms with E-state index in [1.54, 1.807) is 36.6 Å². The van der Waals surface area contributed by atoms with Gasteiger partial charge >= 0.3 is 11.9 Å². The van der Waals surface area contributed by atoms with Crippen molar-refractivity contribution in [3.63, 3.8) is 0 Å². The average Bonchev–Trinajstić information content (AvgIpc) is 3.44. The van der Waals surface area contributed by atoms with Crippen LogP contribution in [0.3, 0.4) is 0 Å². The summed E-state index contributed by atoms with van der Waals surface area (Å²) in [5.41, 5.74) is 2.98. The lowest BCUT2D eigenvalue weighted by Crippen LogP contribution is -2.21. The van der Waals surface area contributed by atoms with Crippen molar-refractivity contribution in [1.29, 1.82) is 0 Å². The van der Waals surface area contributed by atoms with Crippen molar-refractivity contribution >= 4 is 45.3 Å². The van der Waals surface area contributed by atoms with Gasteiger partial charge in [-0.1, -0.05) is 30.3 Å². The Balaban J connectivity index is 1.38. The Morgan fingerprint density at radius 2 is 1.82 bits per heavy atom. The molecule has 0 fully saturated rings. The van der Waals surface area contributed by atoms with Gasteiger partial charge in [0, 0.05) is 10.9 Å². The molecule has 0 saturated heterocycles. The summed E-state index contributed by atoms with van der Waals surface area (Å²) in [6.07, 6.45) is 0.0216. The van der Waals surface area contributed by atoms with E-state index in [9.17, 15) is 14.4 Å². The van der Waals surface area contributed by atoms with Crippen LogP contribution in [0.15, 0.2) is 53.9 Å². The molecule has 0 aliphatic heterocycles. The first kappa shape index (κ1) is 22.2. The molecule has 0 unspecified atom stereocenters. The molecule has 2 heterocycles. The summed E-state index contributed by atoms with van der Waals surface area (Å²) < 4.78 is 10.1. The van der Waals surface area contributed by atoms with Crippen LogP contribution in [0.25, 0.3) is 22.4 Å². The second-order valence-electron chi connectivity index (χ2n) is 6.90. The first-order valence-electron chi connectivity index (χ1n) is 10.1. The molecule has 0 aliphatic rings. The number of benzene rings is 2. The van der Waals surface area contributed by atoms with Gasteiger partial charge < -0.3 is 14.5 Å². The number of hydrogen-bond donors (Lipinski definition) is 2. The molecule has 4 rings (SSSR count). The number of carbonyl (C=O) groups is 3. The molecule has 2 aromatic carbocycles. The smallest absolute Gasteiger partial charge is 0.339 e. The zero-order chi connectivity index (χ0) is 23.2. The Bertz CT molecular complexity index is 1280. The van der Waals surface area contributed by atoms with E-state index in [1.807, 2.05) is 24.3 Å². The number of amides is 1. The fourth-order valence-electron chi connectivity index (χ4n) is 3.12. The van der Waals surface area contributed by atoms with Crippen LogP contribution in [0.2, 0.25) is 0 Å². The van der Waals surface area contributed by atoms with Crippen molar-refractivity contribution in [2.24, 2.45) is 0 Å². The minimum absolute atomic E-state index is 0.0216. The second-order valence-corrected chi connectivity index (χ2v) is 7.76. The predicted octanol–water partition coefficient (Wildman–Crippen LogP) is 3.59. The Labute approximate surface area is 192 Å². The maximum Gasteiger partial charge on any atom is 0.339 e. The van der Waals surface area contributed by atoms with Crippen LogP contribution in [-0.4, -0.2) is 46.0 Å². The number of ether oxygens (including phenoxy) is 2. The maximum absolute atomic E-state index is 12.7. The molecule has 2 aromatic heterocycles. The van der Waals surface area contributed by atoms with Gasteiger partial charge in [-0.25, -0.2) is 14.8 Å². The van der Waals surface area contributed by atoms with Gasteiger partial charge in [-0.2, -0.15) is 0 Å². The van der Waals surface area contributed by atoms with Crippen molar-refractivity contribution in [3.05, 3.63) is 65.2 Å². The van der Waals surface area contributed by atoms with Crippen molar-refractivity contribution in [2.45, 2.75) is 13.3 Å². The molecule has 168 valence electrons. The lowest BCUT2D eigenvalue weighted by molar-refractivity contribution is -0.142. The van der Waals surface area contributed by atoms with Gasteiger partial charge in [-0.15, -0.1) is 11.3 Å². The van der Waals surface area contributed by atoms with E-state index >= 15 is 0 Å². The first-order chi connectivity index (χ1) is 16.0. The number of nitrogens with one attached hydrogen (secondary N) is 2. The molecule has 0 bridgehead atoms. The van der Waals surface area contributed by atoms with E-state index in [4.69, 9.17) is 9.47 Å². The van der Waals surface area contributed by atoms with Gasteiger partial charge in [0.25, 0.3) is 5.91 Å². The molecule has 0 atom stereocenters. The summed E-state index contributed by atoms with van der Waals surface area (Å²) in [4.78, 5) is 48.3. The maximum atomic E-state index is 12.7. The van der Waals surface area contributed by atoms with Crippen LogP contribution in [0.4, 0.5) is 5.13 Å². The van der Waals surface area contributed by atoms with Crippen LogP contribution in [-0.2, 0) is 25.5 Å². The third kappa shape index (κ3) is 5.42. The molecule has 1 amide bonds. The molecular formula is C23H20N4O5S. The number of H-pyrrole nitrogens is 1. The highest BCUT2D eigenvalue weighted by molar-refractivity contribution is 7.13. The highest BCUT2D eigenvalue weighted by Crippen LogP contribution is 2.24. The highest BCUT2D eigenvalue weighted by Gasteiger charge is 2.18. The molecule has 0 radical (unpaired) electrons. The van der Waals surface area contributed by atoms with E-state index in [0.717, 1.165) is 11.0 Å². The van der Waals surface area contributed by atoms with Crippen LogP contribution >= 0.6 is 11.3 Å². The van der Waals surface area contributed by atoms with E-state index in [1.165, 1.54) is 11.3 Å². The van der Waals surface area contributed by atoms with Crippen LogP contribution in [0, 0.1) is 0 Å². The number of fused-ring (bicyclic) bond motifs is 1. The summed E-state index contributed by atoms with van der Waals surface area (Å²) in [5, 5.41) is 4.52. The Morgan fingerprint density at radius 1 is 1.03 bits per heavy atom. The second kappa shape index (κ2) is 10.0. The molecule has 33 heavy (non-hydrogen) atoms. The number of esters is 2. The van der Waals surface area contributed by atoms with Crippen LogP contribution in [0.1, 0.15) is 23.0 Å². The topological polar surface area (TPSA) is 123 Å². The number of imidazole rings is 1. The van der Waals surface area contributed by atoms with E-state index in [0.29, 0.717) is 22.2 Å². The SMILES string of the molecule is CCOC(=O)Cc1csc(NC(=O)COC(=O)c2ccccc2-c2nc3ccccc3[nH]2)n1. The average molecular weight is 465 g/mol. The standard InChI is InChI=1S/C23H20N4O5S/c1-2-31-20(29)11-14-13-33-23(24-14)27-19(28)12-32-22(30)16-8-4-3-7-15(16)21-25-17-9-5-6-10-18(17)26-21/h3-10,13H,2,11-12H2,1H3,(H,25,26)(H,24,27,28). The monoisotopic (exact) mass is 464 g/mol. The summed E-state index contributed by atoms with van der Waals surface area (Å²) in [6, 6.07) is 14.4. The summed E-state index contributed by atoms with van der Waals surface area (Å²) >= 11 is 1.17. The van der Waals surface area contributed by atoms with Gasteiger partial charge in [0.1, 0.15) is 5.82 Å². The summed E-state index contributed by atoms with van der Waals surface area (Å²) in [6.45, 7) is 1.53. The van der Waals surface area contributed by atoms with Crippen LogP contribution in [0.5, 0.6) is 0 Å². The van der Waals surface area contributed by atoms with E-state index < -0.39 is 24.5 Å². The third-order valence-electron chi connectivity index (χ3n) is 4.55. The lowest BCUT2D eigenvalue weighted by Gasteiger charge is -2.08. The molecule has 9 nitrogen and oxygen atoms in total. The summed E-state index contributed by atoms with van der Waals surface area (Å²) in [5.74, 6) is -1.05. The molecule has 10 heteroatoms. The number of rotatable bonds is 8. The number of carbonyl (C=O) groups excluding carboxylic acids is 3. The van der Waals surface area contributed by atoms with Gasteiger partial charge in [-0.05, 0) is 25.1 Å². The van der Waals surface area contributed by atoms with Crippen molar-refractivity contribution in [1.82, 2.24) is 15.0 Å². The Kier molecular flexibility index (Phi) is 6.75. The largest absolute Gasteiger partial charge is 0.466 e. The predicted molar refractivity (Wildman–Crippen MR) is 123 cm³/mol. The van der Waals surface area contributed by atoms with Crippen molar-refractivity contribution in [3.8, 4) is 11.4 Å². The molecular weight excluding hydrogens is 444 g/mol. The number of para-hydroxylation sites is 2. The molecule has 4 aromatic rings. The van der Waals surface area contributed by atoms with Gasteiger partial charge in [0.2, 0.25) is 0 Å². The number of thiazole rings is 1. The number of aromatic amines is 1. The van der Waals surface area contributed by atoms with Crippen molar-refractivity contribution in [2.75, 3.05) is 18.5 Å². The van der Waals surface area contributed by atoms with Gasteiger partial charge in [0.05, 0.1) is 35.3 Å². The zero-order valence-electron chi connectivity index (χ0n) is 17.7. The normalized spacial score (nSPS) is 10.7. The fourth-order valence-corrected chi connectivity index (χ4v) is 3.84. The number of nitrogens with zero attached hydrogens (tertiary/aromatic N) is 2. The number of anilines is 1.